The summed E-state index contributed by atoms with van der Waals surface area (Å²) in [6.07, 6.45) is 3.17. The van der Waals surface area contributed by atoms with Crippen LogP contribution in [-0.2, 0) is 11.3 Å². The van der Waals surface area contributed by atoms with Crippen molar-refractivity contribution in [1.29, 1.82) is 5.26 Å². The fourth-order valence-corrected chi connectivity index (χ4v) is 4.16. The van der Waals surface area contributed by atoms with E-state index in [1.54, 1.807) is 35.1 Å². The van der Waals surface area contributed by atoms with Gasteiger partial charge in [0.25, 0.3) is 0 Å². The molecule has 1 saturated heterocycles. The zero-order chi connectivity index (χ0) is 24.4. The van der Waals surface area contributed by atoms with Gasteiger partial charge in [0, 0.05) is 12.1 Å². The molecule has 35 heavy (non-hydrogen) atoms. The highest BCUT2D eigenvalue weighted by Gasteiger charge is 2.31. The Morgan fingerprint density at radius 1 is 1.11 bits per heavy atom. The van der Waals surface area contributed by atoms with Crippen molar-refractivity contribution in [2.45, 2.75) is 25.4 Å². The molecule has 1 fully saturated rings. The van der Waals surface area contributed by atoms with E-state index in [0.717, 1.165) is 17.7 Å². The molecule has 0 bridgehead atoms. The minimum atomic E-state index is -0.835. The summed E-state index contributed by atoms with van der Waals surface area (Å²) in [4.78, 5) is 26.6. The first-order chi connectivity index (χ1) is 17.0. The van der Waals surface area contributed by atoms with Crippen molar-refractivity contribution in [3.8, 4) is 28.7 Å². The number of nitrogens with two attached hydrogens (primary N) is 1. The fraction of sp³-hybridized carbons (Fsp3) is 0.208. The summed E-state index contributed by atoms with van der Waals surface area (Å²) in [7, 11) is 0. The molecule has 0 saturated carbocycles. The second kappa shape index (κ2) is 9.18. The number of hydrogen-bond donors (Lipinski definition) is 2. The number of pyridine rings is 1. The van der Waals surface area contributed by atoms with E-state index in [2.05, 4.69) is 31.3 Å². The standard InChI is InChI=1S/C24H21N9O2/c25-12-15-4-1-5-16(10-15)18-11-19(29-24(26)28-18)20-14-32(31-30-20)13-17-6-2-8-22(27-17)33-9-3-7-21(33)23(34)35/h1-2,4-6,8,10-11,14,21H,3,7,9,13H2,(H,34,35)(H2,26,28,29)/t21-/m0/s1. The molecule has 0 radical (unpaired) electrons. The molecule has 0 unspecified atom stereocenters. The Morgan fingerprint density at radius 3 is 2.77 bits per heavy atom. The number of carboxylic acids is 1. The number of rotatable bonds is 6. The molecule has 4 heterocycles. The molecule has 1 atom stereocenters. The smallest absolute Gasteiger partial charge is 0.326 e. The lowest BCUT2D eigenvalue weighted by molar-refractivity contribution is -0.138. The zero-order valence-corrected chi connectivity index (χ0v) is 18.6. The van der Waals surface area contributed by atoms with Gasteiger partial charge in [-0.15, -0.1) is 5.10 Å². The molecule has 11 nitrogen and oxygen atoms in total. The summed E-state index contributed by atoms with van der Waals surface area (Å²) in [6, 6.07) is 15.9. The average Bonchev–Trinajstić information content (AvgIpc) is 3.54. The molecule has 4 aromatic rings. The number of carbonyl (C=O) groups is 1. The van der Waals surface area contributed by atoms with Gasteiger partial charge in [-0.1, -0.05) is 23.4 Å². The van der Waals surface area contributed by atoms with E-state index in [4.69, 9.17) is 5.73 Å². The van der Waals surface area contributed by atoms with Crippen LogP contribution in [-0.4, -0.2) is 53.6 Å². The molecule has 0 aliphatic carbocycles. The monoisotopic (exact) mass is 467 g/mol. The van der Waals surface area contributed by atoms with Crippen LogP contribution < -0.4 is 10.6 Å². The van der Waals surface area contributed by atoms with Crippen LogP contribution in [0.4, 0.5) is 11.8 Å². The summed E-state index contributed by atoms with van der Waals surface area (Å²) in [5.41, 5.74) is 9.53. The minimum Gasteiger partial charge on any atom is -0.480 e. The predicted molar refractivity (Wildman–Crippen MR) is 127 cm³/mol. The van der Waals surface area contributed by atoms with Crippen LogP contribution in [0.25, 0.3) is 22.6 Å². The van der Waals surface area contributed by atoms with Crippen LogP contribution in [0, 0.1) is 11.3 Å². The molecule has 11 heteroatoms. The van der Waals surface area contributed by atoms with Gasteiger partial charge < -0.3 is 15.7 Å². The maximum Gasteiger partial charge on any atom is 0.326 e. The molecule has 0 spiro atoms. The van der Waals surface area contributed by atoms with Crippen molar-refractivity contribution >= 4 is 17.7 Å². The van der Waals surface area contributed by atoms with Crippen molar-refractivity contribution in [2.75, 3.05) is 17.2 Å². The van der Waals surface area contributed by atoms with Gasteiger partial charge in [0.15, 0.2) is 0 Å². The average molecular weight is 467 g/mol. The van der Waals surface area contributed by atoms with Crippen molar-refractivity contribution in [1.82, 2.24) is 29.9 Å². The normalized spacial score (nSPS) is 15.2. The van der Waals surface area contributed by atoms with E-state index in [-0.39, 0.29) is 5.95 Å². The second-order valence-electron chi connectivity index (χ2n) is 8.17. The first-order valence-electron chi connectivity index (χ1n) is 11.0. The maximum absolute atomic E-state index is 11.5. The summed E-state index contributed by atoms with van der Waals surface area (Å²) >= 11 is 0. The van der Waals surface area contributed by atoms with E-state index < -0.39 is 12.0 Å². The Balaban J connectivity index is 1.38. The number of nitriles is 1. The molecule has 1 aliphatic heterocycles. The molecule has 3 aromatic heterocycles. The van der Waals surface area contributed by atoms with E-state index in [0.29, 0.717) is 48.0 Å². The first kappa shape index (κ1) is 22.0. The third kappa shape index (κ3) is 4.63. The van der Waals surface area contributed by atoms with Crippen LogP contribution in [0.3, 0.4) is 0 Å². The summed E-state index contributed by atoms with van der Waals surface area (Å²) in [5.74, 6) is -0.110. The van der Waals surface area contributed by atoms with Gasteiger partial charge in [0.05, 0.1) is 41.5 Å². The SMILES string of the molecule is N#Cc1cccc(-c2cc(-c3cn(Cc4cccc(N5CCC[C@H]5C(=O)O)n4)nn3)nc(N)n2)c1. The van der Waals surface area contributed by atoms with Crippen LogP contribution in [0.15, 0.2) is 54.7 Å². The topological polar surface area (TPSA) is 160 Å². The predicted octanol–water partition coefficient (Wildman–Crippen LogP) is 2.35. The van der Waals surface area contributed by atoms with Crippen LogP contribution in [0.2, 0.25) is 0 Å². The van der Waals surface area contributed by atoms with Crippen molar-refractivity contribution < 1.29 is 9.90 Å². The van der Waals surface area contributed by atoms with Crippen molar-refractivity contribution in [3.05, 3.63) is 66.0 Å². The Morgan fingerprint density at radius 2 is 1.94 bits per heavy atom. The number of aliphatic carboxylic acids is 1. The lowest BCUT2D eigenvalue weighted by Gasteiger charge is -2.22. The summed E-state index contributed by atoms with van der Waals surface area (Å²) in [5, 5.41) is 27.1. The van der Waals surface area contributed by atoms with Gasteiger partial charge in [0.2, 0.25) is 5.95 Å². The maximum atomic E-state index is 11.5. The number of benzene rings is 1. The Hall–Kier alpha value is -4.85. The molecular weight excluding hydrogens is 446 g/mol. The quantitative estimate of drug-likeness (QED) is 0.431. The summed E-state index contributed by atoms with van der Waals surface area (Å²) < 4.78 is 1.63. The first-order valence-corrected chi connectivity index (χ1v) is 11.0. The van der Waals surface area contributed by atoms with Crippen LogP contribution in [0.1, 0.15) is 24.1 Å². The Bertz CT molecular complexity index is 1440. The number of nitrogen functional groups attached to an aromatic ring is 1. The molecule has 5 rings (SSSR count). The van der Waals surface area contributed by atoms with Crippen molar-refractivity contribution in [2.24, 2.45) is 0 Å². The summed E-state index contributed by atoms with van der Waals surface area (Å²) in [6.45, 7) is 1.01. The van der Waals surface area contributed by atoms with Gasteiger partial charge in [-0.05, 0) is 43.2 Å². The molecule has 174 valence electrons. The number of carboxylic acid groups (broad SMARTS) is 1. The van der Waals surface area contributed by atoms with Gasteiger partial charge >= 0.3 is 5.97 Å². The zero-order valence-electron chi connectivity index (χ0n) is 18.6. The van der Waals surface area contributed by atoms with Crippen LogP contribution >= 0.6 is 0 Å². The Kier molecular flexibility index (Phi) is 5.76. The molecule has 0 amide bonds. The van der Waals surface area contributed by atoms with Gasteiger partial charge in [-0.2, -0.15) is 5.26 Å². The van der Waals surface area contributed by atoms with Gasteiger partial charge in [-0.25, -0.2) is 24.4 Å². The highest BCUT2D eigenvalue weighted by Crippen LogP contribution is 2.26. The number of nitrogens with zero attached hydrogens (tertiary/aromatic N) is 8. The van der Waals surface area contributed by atoms with Gasteiger partial charge in [0.1, 0.15) is 17.6 Å². The lowest BCUT2D eigenvalue weighted by Crippen LogP contribution is -2.36. The van der Waals surface area contributed by atoms with E-state index in [1.165, 1.54) is 0 Å². The third-order valence-corrected chi connectivity index (χ3v) is 5.78. The highest BCUT2D eigenvalue weighted by molar-refractivity contribution is 5.78. The minimum absolute atomic E-state index is 0.0855. The van der Waals surface area contributed by atoms with E-state index >= 15 is 0 Å². The van der Waals surface area contributed by atoms with Crippen molar-refractivity contribution in [3.63, 3.8) is 0 Å². The van der Waals surface area contributed by atoms with E-state index in [1.807, 2.05) is 29.2 Å². The van der Waals surface area contributed by atoms with Crippen LogP contribution in [0.5, 0.6) is 0 Å². The second-order valence-corrected chi connectivity index (χ2v) is 8.17. The largest absolute Gasteiger partial charge is 0.480 e. The third-order valence-electron chi connectivity index (χ3n) is 5.78. The van der Waals surface area contributed by atoms with Gasteiger partial charge in [-0.3, -0.25) is 0 Å². The van der Waals surface area contributed by atoms with E-state index in [9.17, 15) is 15.2 Å². The highest BCUT2D eigenvalue weighted by atomic mass is 16.4. The number of aromatic nitrogens is 6. The number of anilines is 2. The molecular formula is C24H21N9O2. The number of hydrogen-bond acceptors (Lipinski definition) is 9. The lowest BCUT2D eigenvalue weighted by atomic mass is 10.1. The molecule has 3 N–H and O–H groups in total. The molecule has 1 aromatic carbocycles. The Labute approximate surface area is 200 Å². The fourth-order valence-electron chi connectivity index (χ4n) is 4.16. The molecule has 1 aliphatic rings.